The molecule has 0 spiro atoms. The predicted octanol–water partition coefficient (Wildman–Crippen LogP) is 3.51. The quantitative estimate of drug-likeness (QED) is 0.808. The Labute approximate surface area is 110 Å². The van der Waals surface area contributed by atoms with Crippen molar-refractivity contribution in [3.05, 3.63) is 23.7 Å². The molecule has 1 fully saturated rings. The van der Waals surface area contributed by atoms with Crippen LogP contribution in [-0.4, -0.2) is 24.2 Å². The predicted molar refractivity (Wildman–Crippen MR) is 74.5 cm³/mol. The van der Waals surface area contributed by atoms with Crippen molar-refractivity contribution in [1.82, 2.24) is 4.90 Å². The summed E-state index contributed by atoms with van der Waals surface area (Å²) in [4.78, 5) is 2.37. The van der Waals surface area contributed by atoms with E-state index in [2.05, 4.69) is 30.6 Å². The normalized spacial score (nSPS) is 19.1. The lowest BCUT2D eigenvalue weighted by atomic mass is 9.88. The zero-order valence-electron chi connectivity index (χ0n) is 10.9. The van der Waals surface area contributed by atoms with Crippen molar-refractivity contribution in [3.8, 4) is 0 Å². The summed E-state index contributed by atoms with van der Waals surface area (Å²) in [6.07, 6.45) is 5.40. The smallest absolute Gasteiger partial charge is 0.118 e. The van der Waals surface area contributed by atoms with Gasteiger partial charge in [0.2, 0.25) is 0 Å². The van der Waals surface area contributed by atoms with Gasteiger partial charge in [-0.3, -0.25) is 4.90 Å². The van der Waals surface area contributed by atoms with Gasteiger partial charge in [0.05, 0.1) is 6.54 Å². The third-order valence-electron chi connectivity index (χ3n) is 3.83. The van der Waals surface area contributed by atoms with Gasteiger partial charge in [-0.25, -0.2) is 0 Å². The van der Waals surface area contributed by atoms with Crippen molar-refractivity contribution in [1.29, 1.82) is 0 Å². The highest BCUT2D eigenvalue weighted by atomic mass is 32.1. The summed E-state index contributed by atoms with van der Waals surface area (Å²) in [5.41, 5.74) is 0.444. The summed E-state index contributed by atoms with van der Waals surface area (Å²) in [5, 5.41) is 0. The fourth-order valence-electron chi connectivity index (χ4n) is 2.96. The number of hydrogen-bond acceptors (Lipinski definition) is 3. The molecule has 0 N–H and O–H groups in total. The highest BCUT2D eigenvalue weighted by Crippen LogP contribution is 2.39. The Morgan fingerprint density at radius 1 is 1.35 bits per heavy atom. The van der Waals surface area contributed by atoms with Gasteiger partial charge in [0.25, 0.3) is 0 Å². The maximum Gasteiger partial charge on any atom is 0.118 e. The molecule has 0 aliphatic heterocycles. The molecule has 0 atom stereocenters. The molecule has 1 aromatic heterocycles. The number of nitrogens with zero attached hydrogens (tertiary/aromatic N) is 1. The molecule has 0 amide bonds. The summed E-state index contributed by atoms with van der Waals surface area (Å²) in [6, 6.07) is 4.11. The number of rotatable bonds is 5. The van der Waals surface area contributed by atoms with Crippen LogP contribution in [0.5, 0.6) is 0 Å². The van der Waals surface area contributed by atoms with Crippen LogP contribution in [0.4, 0.5) is 0 Å². The van der Waals surface area contributed by atoms with Gasteiger partial charge in [-0.15, -0.1) is 0 Å². The summed E-state index contributed by atoms with van der Waals surface area (Å²) in [7, 11) is 2.18. The second-order valence-corrected chi connectivity index (χ2v) is 5.87. The van der Waals surface area contributed by atoms with Crippen LogP contribution in [0.15, 0.2) is 16.5 Å². The highest BCUT2D eigenvalue weighted by Gasteiger charge is 2.33. The Morgan fingerprint density at radius 2 is 2.06 bits per heavy atom. The molecule has 17 heavy (non-hydrogen) atoms. The van der Waals surface area contributed by atoms with E-state index in [1.807, 2.05) is 13.0 Å². The number of thiol groups is 1. The third-order valence-corrected chi connectivity index (χ3v) is 4.50. The Morgan fingerprint density at radius 3 is 2.59 bits per heavy atom. The van der Waals surface area contributed by atoms with Crippen LogP contribution >= 0.6 is 12.6 Å². The van der Waals surface area contributed by atoms with Gasteiger partial charge < -0.3 is 4.42 Å². The highest BCUT2D eigenvalue weighted by molar-refractivity contribution is 7.80. The van der Waals surface area contributed by atoms with Gasteiger partial charge in [-0.1, -0.05) is 12.8 Å². The fraction of sp³-hybridized carbons (Fsp3) is 0.714. The lowest BCUT2D eigenvalue weighted by Gasteiger charge is -2.31. The van der Waals surface area contributed by atoms with Crippen molar-refractivity contribution in [3.63, 3.8) is 0 Å². The molecule has 3 heteroatoms. The largest absolute Gasteiger partial charge is 0.465 e. The Balaban J connectivity index is 1.90. The van der Waals surface area contributed by atoms with Gasteiger partial charge in [0, 0.05) is 6.54 Å². The molecule has 1 saturated carbocycles. The monoisotopic (exact) mass is 253 g/mol. The molecule has 1 heterocycles. The first-order chi connectivity index (χ1) is 8.13. The van der Waals surface area contributed by atoms with E-state index in [4.69, 9.17) is 4.42 Å². The minimum Gasteiger partial charge on any atom is -0.465 e. The van der Waals surface area contributed by atoms with E-state index >= 15 is 0 Å². The molecule has 2 rings (SSSR count). The van der Waals surface area contributed by atoms with Gasteiger partial charge >= 0.3 is 0 Å². The first kappa shape index (κ1) is 13.0. The molecule has 0 bridgehead atoms. The van der Waals surface area contributed by atoms with Crippen molar-refractivity contribution in [2.24, 2.45) is 5.41 Å². The van der Waals surface area contributed by atoms with Crippen molar-refractivity contribution >= 4 is 12.6 Å². The van der Waals surface area contributed by atoms with E-state index in [0.717, 1.165) is 30.4 Å². The molecule has 96 valence electrons. The van der Waals surface area contributed by atoms with Gasteiger partial charge in [-0.05, 0) is 50.1 Å². The van der Waals surface area contributed by atoms with Crippen molar-refractivity contribution in [2.45, 2.75) is 39.2 Å². The van der Waals surface area contributed by atoms with E-state index in [0.29, 0.717) is 5.41 Å². The van der Waals surface area contributed by atoms with E-state index in [-0.39, 0.29) is 0 Å². The van der Waals surface area contributed by atoms with Gasteiger partial charge in [0.15, 0.2) is 0 Å². The molecule has 0 saturated heterocycles. The standard InChI is InChI=1S/C14H23NOS/c1-12-5-6-13(16-12)9-15(2)10-14(11-17)7-3-4-8-14/h5-6,17H,3-4,7-11H2,1-2H3. The molecule has 0 unspecified atom stereocenters. The lowest BCUT2D eigenvalue weighted by molar-refractivity contribution is 0.185. The molecular formula is C14H23NOS. The molecule has 1 aliphatic rings. The summed E-state index contributed by atoms with van der Waals surface area (Å²) >= 11 is 4.56. The molecule has 0 radical (unpaired) electrons. The Kier molecular flexibility index (Phi) is 4.21. The van der Waals surface area contributed by atoms with E-state index in [9.17, 15) is 0 Å². The van der Waals surface area contributed by atoms with E-state index < -0.39 is 0 Å². The van der Waals surface area contributed by atoms with Gasteiger partial charge in [0.1, 0.15) is 11.5 Å². The summed E-state index contributed by atoms with van der Waals surface area (Å²) in [6.45, 7) is 4.04. The molecule has 0 aromatic carbocycles. The van der Waals surface area contributed by atoms with Crippen LogP contribution < -0.4 is 0 Å². The third kappa shape index (κ3) is 3.29. The minimum atomic E-state index is 0.444. The second kappa shape index (κ2) is 5.49. The second-order valence-electron chi connectivity index (χ2n) is 5.55. The topological polar surface area (TPSA) is 16.4 Å². The fourth-order valence-corrected chi connectivity index (χ4v) is 3.37. The van der Waals surface area contributed by atoms with Crippen LogP contribution in [0, 0.1) is 12.3 Å². The number of furan rings is 1. The summed E-state index contributed by atoms with van der Waals surface area (Å²) in [5.74, 6) is 3.07. The first-order valence-corrected chi connectivity index (χ1v) is 7.12. The Hall–Kier alpha value is -0.410. The van der Waals surface area contributed by atoms with Crippen molar-refractivity contribution < 1.29 is 4.42 Å². The average molecular weight is 253 g/mol. The van der Waals surface area contributed by atoms with E-state index in [1.165, 1.54) is 25.7 Å². The maximum absolute atomic E-state index is 5.62. The van der Waals surface area contributed by atoms with Crippen LogP contribution in [-0.2, 0) is 6.54 Å². The maximum atomic E-state index is 5.62. The van der Waals surface area contributed by atoms with Crippen LogP contribution in [0.2, 0.25) is 0 Å². The molecule has 2 nitrogen and oxygen atoms in total. The SMILES string of the molecule is Cc1ccc(CN(C)CC2(CS)CCCC2)o1. The van der Waals surface area contributed by atoms with E-state index in [1.54, 1.807) is 0 Å². The van der Waals surface area contributed by atoms with Crippen LogP contribution in [0.3, 0.4) is 0 Å². The average Bonchev–Trinajstić information content (AvgIpc) is 2.89. The van der Waals surface area contributed by atoms with Gasteiger partial charge in [-0.2, -0.15) is 12.6 Å². The molecule has 1 aromatic rings. The minimum absolute atomic E-state index is 0.444. The zero-order chi connectivity index (χ0) is 12.3. The van der Waals surface area contributed by atoms with Crippen molar-refractivity contribution in [2.75, 3.05) is 19.3 Å². The zero-order valence-corrected chi connectivity index (χ0v) is 11.8. The Bertz CT molecular complexity index is 355. The molecule has 1 aliphatic carbocycles. The van der Waals surface area contributed by atoms with Crippen LogP contribution in [0.1, 0.15) is 37.2 Å². The van der Waals surface area contributed by atoms with Crippen LogP contribution in [0.25, 0.3) is 0 Å². The summed E-state index contributed by atoms with van der Waals surface area (Å²) < 4.78 is 5.62. The number of aryl methyl sites for hydroxylation is 1. The molecular weight excluding hydrogens is 230 g/mol. The number of hydrogen-bond donors (Lipinski definition) is 1. The lowest BCUT2D eigenvalue weighted by Crippen LogP contribution is -2.34. The first-order valence-electron chi connectivity index (χ1n) is 6.48.